The van der Waals surface area contributed by atoms with Gasteiger partial charge in [-0.3, -0.25) is 14.3 Å². The summed E-state index contributed by atoms with van der Waals surface area (Å²) in [6.45, 7) is 3.95. The van der Waals surface area contributed by atoms with Crippen LogP contribution in [-0.2, 0) is 7.05 Å². The van der Waals surface area contributed by atoms with Gasteiger partial charge in [-0.25, -0.2) is 9.18 Å². The topological polar surface area (TPSA) is 98.9 Å². The first-order valence-electron chi connectivity index (χ1n) is 12.0. The van der Waals surface area contributed by atoms with Crippen molar-refractivity contribution in [2.24, 2.45) is 7.05 Å². The first-order chi connectivity index (χ1) is 18.3. The Hall–Kier alpha value is -4.99. The number of benzene rings is 2. The molecule has 0 bridgehead atoms. The molecule has 0 saturated carbocycles. The van der Waals surface area contributed by atoms with Crippen LogP contribution in [0, 0.1) is 5.82 Å². The molecule has 9 nitrogen and oxygen atoms in total. The van der Waals surface area contributed by atoms with Crippen LogP contribution < -0.4 is 15.4 Å². The molecule has 2 aromatic carbocycles. The van der Waals surface area contributed by atoms with Crippen molar-refractivity contribution in [2.75, 3.05) is 10.6 Å². The van der Waals surface area contributed by atoms with Gasteiger partial charge in [-0.05, 0) is 56.3 Å². The van der Waals surface area contributed by atoms with Gasteiger partial charge in [-0.15, -0.1) is 0 Å². The number of nitrogens with zero attached hydrogens (tertiary/aromatic N) is 5. The summed E-state index contributed by atoms with van der Waals surface area (Å²) in [4.78, 5) is 17.2. The third kappa shape index (κ3) is 5.70. The lowest BCUT2D eigenvalue weighted by Crippen LogP contribution is -2.19. The molecular formula is C28H26FN7O2. The van der Waals surface area contributed by atoms with Crippen molar-refractivity contribution < 1.29 is 13.9 Å². The average molecular weight is 512 g/mol. The van der Waals surface area contributed by atoms with Crippen molar-refractivity contribution in [3.05, 3.63) is 91.3 Å². The van der Waals surface area contributed by atoms with Crippen LogP contribution in [0.2, 0.25) is 0 Å². The van der Waals surface area contributed by atoms with E-state index in [9.17, 15) is 9.18 Å². The molecule has 0 saturated heterocycles. The monoisotopic (exact) mass is 511 g/mol. The number of hydrogen-bond acceptors (Lipinski definition) is 5. The summed E-state index contributed by atoms with van der Waals surface area (Å²) in [6, 6.07) is 16.3. The largest absolute Gasteiger partial charge is 0.457 e. The maximum absolute atomic E-state index is 13.8. The predicted molar refractivity (Wildman–Crippen MR) is 144 cm³/mol. The smallest absolute Gasteiger partial charge is 0.323 e. The number of ether oxygens (including phenoxy) is 1. The number of urea groups is 1. The van der Waals surface area contributed by atoms with E-state index in [0.717, 1.165) is 11.3 Å². The number of aromatic nitrogens is 5. The average Bonchev–Trinajstić information content (AvgIpc) is 3.52. The molecular weight excluding hydrogens is 485 g/mol. The van der Waals surface area contributed by atoms with Crippen LogP contribution in [0.3, 0.4) is 0 Å². The molecule has 5 aromatic rings. The molecule has 0 unspecified atom stereocenters. The Kier molecular flexibility index (Phi) is 6.86. The van der Waals surface area contributed by atoms with E-state index in [1.165, 1.54) is 12.1 Å². The molecule has 2 N–H and O–H groups in total. The molecule has 0 spiro atoms. The SMILES string of the molecule is CC(C)n1cc(NC(=O)Nc2ccc(Oc3ccnc(-c4cnn(C)c4)c3)cc2)c(-c2cccc(F)c2)n1. The number of nitrogens with one attached hydrogen (secondary N) is 2. The maximum Gasteiger partial charge on any atom is 0.323 e. The molecule has 5 rings (SSSR count). The van der Waals surface area contributed by atoms with E-state index >= 15 is 0 Å². The number of carbonyl (C=O) groups is 1. The summed E-state index contributed by atoms with van der Waals surface area (Å²) in [6.07, 6.45) is 7.03. The lowest BCUT2D eigenvalue weighted by molar-refractivity contribution is 0.262. The molecule has 3 aromatic heterocycles. The van der Waals surface area contributed by atoms with Crippen LogP contribution >= 0.6 is 0 Å². The van der Waals surface area contributed by atoms with Gasteiger partial charge in [-0.2, -0.15) is 10.2 Å². The van der Waals surface area contributed by atoms with Gasteiger partial charge in [0.05, 0.1) is 17.6 Å². The minimum Gasteiger partial charge on any atom is -0.457 e. The minimum atomic E-state index is -0.449. The summed E-state index contributed by atoms with van der Waals surface area (Å²) in [5.74, 6) is 0.856. The van der Waals surface area contributed by atoms with E-state index in [1.54, 1.807) is 70.4 Å². The van der Waals surface area contributed by atoms with Crippen molar-refractivity contribution in [1.29, 1.82) is 0 Å². The van der Waals surface area contributed by atoms with E-state index in [0.29, 0.717) is 34.1 Å². The quantitative estimate of drug-likeness (QED) is 0.260. The Morgan fingerprint density at radius 1 is 0.974 bits per heavy atom. The standard InChI is InChI=1S/C28H26FN7O2/c1-18(2)36-17-26(27(34-36)19-5-4-6-21(29)13-19)33-28(37)32-22-7-9-23(10-8-22)38-24-11-12-30-25(14-24)20-15-31-35(3)16-20/h4-18H,1-3H3,(H2,32,33,37). The lowest BCUT2D eigenvalue weighted by atomic mass is 10.1. The van der Waals surface area contributed by atoms with Crippen LogP contribution in [0.5, 0.6) is 11.5 Å². The number of hydrogen-bond donors (Lipinski definition) is 2. The molecule has 10 heteroatoms. The molecule has 0 aliphatic rings. The van der Waals surface area contributed by atoms with Crippen LogP contribution in [-0.4, -0.2) is 30.6 Å². The minimum absolute atomic E-state index is 0.0642. The molecule has 2 amide bonds. The summed E-state index contributed by atoms with van der Waals surface area (Å²) in [7, 11) is 1.85. The molecule has 0 radical (unpaired) electrons. The molecule has 0 aliphatic heterocycles. The van der Waals surface area contributed by atoms with E-state index in [4.69, 9.17) is 4.74 Å². The molecule has 0 atom stereocenters. The fourth-order valence-electron chi connectivity index (χ4n) is 3.81. The molecule has 38 heavy (non-hydrogen) atoms. The van der Waals surface area contributed by atoms with Crippen LogP contribution in [0.15, 0.2) is 85.5 Å². The first-order valence-corrected chi connectivity index (χ1v) is 12.0. The highest BCUT2D eigenvalue weighted by atomic mass is 19.1. The molecule has 0 aliphatic carbocycles. The number of halogens is 1. The third-order valence-electron chi connectivity index (χ3n) is 5.69. The second-order valence-electron chi connectivity index (χ2n) is 8.96. The van der Waals surface area contributed by atoms with Crippen molar-refractivity contribution in [2.45, 2.75) is 19.9 Å². The zero-order chi connectivity index (χ0) is 26.6. The lowest BCUT2D eigenvalue weighted by Gasteiger charge is -2.10. The summed E-state index contributed by atoms with van der Waals surface area (Å²) < 4.78 is 23.2. The Morgan fingerprint density at radius 3 is 2.50 bits per heavy atom. The number of carbonyl (C=O) groups excluding carboxylic acids is 1. The van der Waals surface area contributed by atoms with Gasteiger partial charge >= 0.3 is 6.03 Å². The Balaban J connectivity index is 1.26. The highest BCUT2D eigenvalue weighted by molar-refractivity contribution is 6.01. The van der Waals surface area contributed by atoms with E-state index in [-0.39, 0.29) is 11.9 Å². The fourth-order valence-corrected chi connectivity index (χ4v) is 3.81. The van der Waals surface area contributed by atoms with Gasteiger partial charge in [0.1, 0.15) is 23.0 Å². The van der Waals surface area contributed by atoms with Crippen molar-refractivity contribution in [1.82, 2.24) is 24.5 Å². The van der Waals surface area contributed by atoms with Crippen LogP contribution in [0.4, 0.5) is 20.6 Å². The number of anilines is 2. The van der Waals surface area contributed by atoms with Crippen molar-refractivity contribution in [3.8, 4) is 34.0 Å². The predicted octanol–water partition coefficient (Wildman–Crippen LogP) is 6.50. The van der Waals surface area contributed by atoms with Crippen LogP contribution in [0.25, 0.3) is 22.5 Å². The second-order valence-corrected chi connectivity index (χ2v) is 8.96. The van der Waals surface area contributed by atoms with Gasteiger partial charge in [0.15, 0.2) is 0 Å². The number of rotatable bonds is 7. The van der Waals surface area contributed by atoms with E-state index in [2.05, 4.69) is 25.8 Å². The zero-order valence-corrected chi connectivity index (χ0v) is 21.1. The van der Waals surface area contributed by atoms with Gasteiger partial charge in [-0.1, -0.05) is 12.1 Å². The highest BCUT2D eigenvalue weighted by Gasteiger charge is 2.16. The number of aryl methyl sites for hydroxylation is 1. The molecule has 3 heterocycles. The van der Waals surface area contributed by atoms with Crippen molar-refractivity contribution >= 4 is 17.4 Å². The second kappa shape index (κ2) is 10.6. The maximum atomic E-state index is 13.8. The fraction of sp³-hybridized carbons (Fsp3) is 0.143. The van der Waals surface area contributed by atoms with Gasteiger partial charge < -0.3 is 15.4 Å². The van der Waals surface area contributed by atoms with E-state index < -0.39 is 6.03 Å². The van der Waals surface area contributed by atoms with Gasteiger partial charge in [0.25, 0.3) is 0 Å². The summed E-state index contributed by atoms with van der Waals surface area (Å²) >= 11 is 0. The number of amides is 2. The van der Waals surface area contributed by atoms with E-state index in [1.807, 2.05) is 33.2 Å². The Labute approximate surface area is 218 Å². The summed E-state index contributed by atoms with van der Waals surface area (Å²) in [5.41, 5.74) is 3.75. The summed E-state index contributed by atoms with van der Waals surface area (Å²) in [5, 5.41) is 14.4. The van der Waals surface area contributed by atoms with Gasteiger partial charge in [0, 0.05) is 54.6 Å². The Morgan fingerprint density at radius 2 is 1.79 bits per heavy atom. The third-order valence-corrected chi connectivity index (χ3v) is 5.69. The molecule has 0 fully saturated rings. The highest BCUT2D eigenvalue weighted by Crippen LogP contribution is 2.29. The number of pyridine rings is 1. The molecule has 192 valence electrons. The zero-order valence-electron chi connectivity index (χ0n) is 21.1. The Bertz CT molecular complexity index is 1570. The normalized spacial score (nSPS) is 11.0. The van der Waals surface area contributed by atoms with Gasteiger partial charge in [0.2, 0.25) is 0 Å². The van der Waals surface area contributed by atoms with Crippen molar-refractivity contribution in [3.63, 3.8) is 0 Å². The van der Waals surface area contributed by atoms with Crippen LogP contribution in [0.1, 0.15) is 19.9 Å². The first kappa shape index (κ1) is 24.7.